The van der Waals surface area contributed by atoms with Gasteiger partial charge in [-0.05, 0) is 29.0 Å². The zero-order valence-corrected chi connectivity index (χ0v) is 13.7. The second kappa shape index (κ2) is 7.49. The van der Waals surface area contributed by atoms with Gasteiger partial charge >= 0.3 is 5.97 Å². The number of ether oxygens (including phenoxy) is 2. The number of hydrogen-bond donors (Lipinski definition) is 1. The molecule has 0 fully saturated rings. The van der Waals surface area contributed by atoms with Crippen LogP contribution in [0.1, 0.15) is 10.4 Å². The third-order valence-corrected chi connectivity index (χ3v) is 3.70. The van der Waals surface area contributed by atoms with E-state index in [2.05, 4.69) is 5.32 Å². The van der Waals surface area contributed by atoms with E-state index in [4.69, 9.17) is 9.47 Å². The van der Waals surface area contributed by atoms with Crippen LogP contribution in [-0.4, -0.2) is 25.6 Å². The maximum atomic E-state index is 12.3. The van der Waals surface area contributed by atoms with Gasteiger partial charge in [0.2, 0.25) is 0 Å². The van der Waals surface area contributed by atoms with Gasteiger partial charge in [-0.25, -0.2) is 4.79 Å². The molecule has 0 aliphatic carbocycles. The lowest BCUT2D eigenvalue weighted by atomic mass is 10.1. The van der Waals surface area contributed by atoms with Gasteiger partial charge in [-0.3, -0.25) is 4.79 Å². The molecule has 126 valence electrons. The Kier molecular flexibility index (Phi) is 4.95. The Hall–Kier alpha value is -3.34. The molecule has 1 N–H and O–H groups in total. The molecule has 0 aliphatic heterocycles. The molecule has 25 heavy (non-hydrogen) atoms. The van der Waals surface area contributed by atoms with E-state index < -0.39 is 11.9 Å². The van der Waals surface area contributed by atoms with Crippen LogP contribution in [0.2, 0.25) is 0 Å². The van der Waals surface area contributed by atoms with E-state index in [0.717, 1.165) is 10.8 Å². The number of anilines is 1. The number of nitrogens with one attached hydrogen (secondary N) is 1. The van der Waals surface area contributed by atoms with Crippen LogP contribution in [-0.2, 0) is 9.53 Å². The fraction of sp³-hybridized carbons (Fsp3) is 0.100. The van der Waals surface area contributed by atoms with Crippen molar-refractivity contribution in [1.29, 1.82) is 0 Å². The molecule has 0 radical (unpaired) electrons. The Bertz CT molecular complexity index is 915. The van der Waals surface area contributed by atoms with Gasteiger partial charge in [0.05, 0.1) is 12.7 Å². The van der Waals surface area contributed by atoms with E-state index in [1.807, 2.05) is 30.3 Å². The third-order valence-electron chi connectivity index (χ3n) is 3.70. The highest BCUT2D eigenvalue weighted by molar-refractivity contribution is 6.05. The lowest BCUT2D eigenvalue weighted by Gasteiger charge is -2.09. The van der Waals surface area contributed by atoms with Crippen LogP contribution >= 0.6 is 0 Å². The minimum atomic E-state index is -0.530. The lowest BCUT2D eigenvalue weighted by molar-refractivity contribution is -0.119. The number of methoxy groups -OCH3 is 1. The van der Waals surface area contributed by atoms with Crippen LogP contribution in [0, 0.1) is 0 Å². The van der Waals surface area contributed by atoms with Gasteiger partial charge < -0.3 is 14.8 Å². The Morgan fingerprint density at radius 2 is 1.72 bits per heavy atom. The highest BCUT2D eigenvalue weighted by Gasteiger charge is 2.13. The summed E-state index contributed by atoms with van der Waals surface area (Å²) in [6, 6.07) is 19.9. The molecule has 3 aromatic rings. The first kappa shape index (κ1) is 16.5. The van der Waals surface area contributed by atoms with Gasteiger partial charge in [0.1, 0.15) is 5.75 Å². The van der Waals surface area contributed by atoms with Crippen LogP contribution in [0.5, 0.6) is 5.75 Å². The zero-order valence-electron chi connectivity index (χ0n) is 13.7. The molecule has 0 aliphatic rings. The number of benzene rings is 3. The summed E-state index contributed by atoms with van der Waals surface area (Å²) in [6.07, 6.45) is 0. The first-order valence-corrected chi connectivity index (χ1v) is 7.76. The quantitative estimate of drug-likeness (QED) is 0.723. The molecule has 0 saturated carbocycles. The van der Waals surface area contributed by atoms with Crippen molar-refractivity contribution in [3.63, 3.8) is 0 Å². The predicted octanol–water partition coefficient (Wildman–Crippen LogP) is 3.64. The van der Waals surface area contributed by atoms with Crippen molar-refractivity contribution in [1.82, 2.24) is 0 Å². The predicted molar refractivity (Wildman–Crippen MR) is 95.9 cm³/mol. The lowest BCUT2D eigenvalue weighted by Crippen LogP contribution is -2.21. The molecule has 3 aromatic carbocycles. The minimum absolute atomic E-state index is 0.362. The van der Waals surface area contributed by atoms with Gasteiger partial charge in [0, 0.05) is 11.8 Å². The summed E-state index contributed by atoms with van der Waals surface area (Å²) < 4.78 is 10.2. The zero-order chi connectivity index (χ0) is 17.6. The van der Waals surface area contributed by atoms with Crippen LogP contribution in [0.15, 0.2) is 66.7 Å². The molecule has 0 saturated heterocycles. The van der Waals surface area contributed by atoms with Crippen molar-refractivity contribution >= 4 is 28.3 Å². The smallest absolute Gasteiger partial charge is 0.339 e. The number of carbonyl (C=O) groups is 2. The molecule has 0 aromatic heterocycles. The minimum Gasteiger partial charge on any atom is -0.497 e. The second-order valence-electron chi connectivity index (χ2n) is 5.38. The Morgan fingerprint density at radius 3 is 2.56 bits per heavy atom. The largest absolute Gasteiger partial charge is 0.497 e. The molecule has 0 atom stereocenters. The fourth-order valence-corrected chi connectivity index (χ4v) is 2.51. The summed E-state index contributed by atoms with van der Waals surface area (Å²) in [7, 11) is 1.55. The Labute approximate surface area is 145 Å². The van der Waals surface area contributed by atoms with Crippen molar-refractivity contribution in [3.8, 4) is 5.75 Å². The number of amides is 1. The topological polar surface area (TPSA) is 64.6 Å². The van der Waals surface area contributed by atoms with E-state index in [1.165, 1.54) is 0 Å². The van der Waals surface area contributed by atoms with Crippen molar-refractivity contribution in [2.24, 2.45) is 0 Å². The SMILES string of the molecule is COc1cccc(NC(=O)COC(=O)c2cccc3ccccc23)c1. The second-order valence-corrected chi connectivity index (χ2v) is 5.38. The molecule has 1 amide bonds. The number of esters is 1. The van der Waals surface area contributed by atoms with Crippen LogP contribution < -0.4 is 10.1 Å². The molecular formula is C20H17NO4. The fourth-order valence-electron chi connectivity index (χ4n) is 2.51. The molecule has 0 spiro atoms. The average molecular weight is 335 g/mol. The van der Waals surface area contributed by atoms with Crippen molar-refractivity contribution in [2.45, 2.75) is 0 Å². The van der Waals surface area contributed by atoms with E-state index in [1.54, 1.807) is 43.5 Å². The standard InChI is InChI=1S/C20H17NO4/c1-24-16-9-5-8-15(12-16)21-19(22)13-25-20(23)18-11-4-7-14-6-2-3-10-17(14)18/h2-12H,13H2,1H3,(H,21,22). The van der Waals surface area contributed by atoms with E-state index in [0.29, 0.717) is 17.0 Å². The first-order valence-electron chi connectivity index (χ1n) is 7.76. The first-order chi connectivity index (χ1) is 12.2. The number of carbonyl (C=O) groups excluding carboxylic acids is 2. The van der Waals surface area contributed by atoms with E-state index in [-0.39, 0.29) is 6.61 Å². The summed E-state index contributed by atoms with van der Waals surface area (Å²) >= 11 is 0. The maximum Gasteiger partial charge on any atom is 0.339 e. The van der Waals surface area contributed by atoms with Crippen molar-refractivity contribution in [2.75, 3.05) is 19.0 Å². The number of fused-ring (bicyclic) bond motifs is 1. The molecular weight excluding hydrogens is 318 g/mol. The molecule has 5 heteroatoms. The molecule has 3 rings (SSSR count). The highest BCUT2D eigenvalue weighted by atomic mass is 16.5. The van der Waals surface area contributed by atoms with Gasteiger partial charge in [-0.2, -0.15) is 0 Å². The average Bonchev–Trinajstić information content (AvgIpc) is 2.65. The molecule has 0 bridgehead atoms. The number of rotatable bonds is 5. The Morgan fingerprint density at radius 1 is 0.960 bits per heavy atom. The highest BCUT2D eigenvalue weighted by Crippen LogP contribution is 2.19. The van der Waals surface area contributed by atoms with Crippen LogP contribution in [0.3, 0.4) is 0 Å². The van der Waals surface area contributed by atoms with Gasteiger partial charge in [0.25, 0.3) is 5.91 Å². The summed E-state index contributed by atoms with van der Waals surface area (Å²) in [4.78, 5) is 24.3. The molecule has 0 unspecified atom stereocenters. The van der Waals surface area contributed by atoms with Crippen LogP contribution in [0.4, 0.5) is 5.69 Å². The monoisotopic (exact) mass is 335 g/mol. The van der Waals surface area contributed by atoms with Crippen LogP contribution in [0.25, 0.3) is 10.8 Å². The summed E-state index contributed by atoms with van der Waals surface area (Å²) in [5, 5.41) is 4.40. The summed E-state index contributed by atoms with van der Waals surface area (Å²) in [6.45, 7) is -0.362. The normalized spacial score (nSPS) is 10.3. The van der Waals surface area contributed by atoms with Crippen molar-refractivity contribution < 1.29 is 19.1 Å². The third kappa shape index (κ3) is 3.95. The van der Waals surface area contributed by atoms with E-state index >= 15 is 0 Å². The van der Waals surface area contributed by atoms with Crippen molar-refractivity contribution in [3.05, 3.63) is 72.3 Å². The molecule has 0 heterocycles. The van der Waals surface area contributed by atoms with Gasteiger partial charge in [-0.1, -0.05) is 42.5 Å². The summed E-state index contributed by atoms with van der Waals surface area (Å²) in [5.41, 5.74) is 1.01. The van der Waals surface area contributed by atoms with Gasteiger partial charge in [-0.15, -0.1) is 0 Å². The number of hydrogen-bond acceptors (Lipinski definition) is 4. The van der Waals surface area contributed by atoms with E-state index in [9.17, 15) is 9.59 Å². The maximum absolute atomic E-state index is 12.3. The summed E-state index contributed by atoms with van der Waals surface area (Å²) in [5.74, 6) is -0.315. The molecule has 5 nitrogen and oxygen atoms in total. The van der Waals surface area contributed by atoms with Gasteiger partial charge in [0.15, 0.2) is 6.61 Å². The Balaban J connectivity index is 1.64.